The first-order valence-corrected chi connectivity index (χ1v) is 35.4. The number of sulfone groups is 1. The maximum Gasteiger partial charge on any atom is 0.501 e. The van der Waals surface area contributed by atoms with E-state index in [0.29, 0.717) is 76.3 Å². The first-order valence-electron chi connectivity index (χ1n) is 29.4. The Morgan fingerprint density at radius 2 is 1.31 bits per heavy atom. The number of halogens is 4. The smallest absolute Gasteiger partial charge is 0.438 e. The summed E-state index contributed by atoms with van der Waals surface area (Å²) in [6.45, 7) is 20.4. The highest BCUT2D eigenvalue weighted by Gasteiger charge is 2.49. The Bertz CT molecular complexity index is 3320. The minimum absolute atomic E-state index is 0.0376. The molecule has 0 bridgehead atoms. The second-order valence-corrected chi connectivity index (χ2v) is 32.6. The highest BCUT2D eigenvalue weighted by Crippen LogP contribution is 2.49. The van der Waals surface area contributed by atoms with E-state index in [-0.39, 0.29) is 22.9 Å². The van der Waals surface area contributed by atoms with Crippen LogP contribution < -0.4 is 14.9 Å². The van der Waals surface area contributed by atoms with Crippen LogP contribution >= 0.6 is 31.0 Å². The van der Waals surface area contributed by atoms with Crippen molar-refractivity contribution in [3.05, 3.63) is 119 Å². The molecule has 4 aromatic rings. The molecule has 18 nitrogen and oxygen atoms in total. The molecule has 2 aliphatic heterocycles. The molecule has 7 rings (SSSR count). The van der Waals surface area contributed by atoms with Crippen LogP contribution in [0.1, 0.15) is 103 Å². The number of alkyl halides is 3. The number of thioether (sulfide) groups is 1. The van der Waals surface area contributed by atoms with Gasteiger partial charge in [-0.2, -0.15) is 13.2 Å². The third-order valence-corrected chi connectivity index (χ3v) is 21.7. The van der Waals surface area contributed by atoms with Gasteiger partial charge in [0, 0.05) is 98.4 Å². The highest BCUT2D eigenvalue weighted by molar-refractivity contribution is 7.99. The number of benzene rings is 4. The van der Waals surface area contributed by atoms with Crippen LogP contribution in [0.3, 0.4) is 0 Å². The fourth-order valence-electron chi connectivity index (χ4n) is 10.3. The number of anilines is 2. The number of sulfonamides is 1. The standard InChI is InChI=1S/C62H83ClF3N6O12PS3/c1-59(2,3)57(74)81-43-83-85(76,84-44-82-58(75)60(4,5)6)38-12-28-69-30-32-70(33-31-69)29-26-49(42-86-51-13-10-9-11-14-51)67-54-24-23-52(39-55(54)87(77,78)62(64,65)66)88(79,80)68-56(73)46-17-21-50(22-18-46)72-36-34-71(35-37-72)41-47-40-61(7,8)27-25-53(47)45-15-19-48(63)20-16-45/h9-11,13-24,39,49,67H,12,25-38,40-44H2,1-8H3,(H,68,73)/t49-/m1/s1. The SMILES string of the molecule is CC1(C)CCC(c2ccc(Cl)cc2)=C(CN2CCN(c3ccc(C(=O)NS(=O)(=O)c4ccc(N[C@H](CCN5CCN(CCCP(=O)(OCOC(=O)C(C)(C)C)OCOC(=O)C(C)(C)C)CC5)CSc5ccccc5)c(S(=O)(=O)C(F)(F)F)c4)cc3)CC2)C1. The monoisotopic (exact) mass is 1320 g/mol. The number of nitrogens with one attached hydrogen (secondary N) is 2. The number of nitrogens with zero attached hydrogens (tertiary/aromatic N) is 4. The first-order chi connectivity index (χ1) is 41.2. The summed E-state index contributed by atoms with van der Waals surface area (Å²) < 4.78 is 135. The van der Waals surface area contributed by atoms with Crippen molar-refractivity contribution in [3.63, 3.8) is 0 Å². The van der Waals surface area contributed by atoms with Gasteiger partial charge in [-0.05, 0) is 163 Å². The van der Waals surface area contributed by atoms with Crippen molar-refractivity contribution in [2.75, 3.05) is 108 Å². The minimum atomic E-state index is -6.17. The number of carbonyl (C=O) groups excluding carboxylic acids is 3. The van der Waals surface area contributed by atoms with E-state index in [0.717, 1.165) is 61.6 Å². The average Bonchev–Trinajstić information content (AvgIpc) is 0.990. The molecule has 1 amide bonds. The van der Waals surface area contributed by atoms with E-state index in [1.807, 2.05) is 47.2 Å². The van der Waals surface area contributed by atoms with Crippen molar-refractivity contribution >= 4 is 85.6 Å². The van der Waals surface area contributed by atoms with Crippen molar-refractivity contribution in [1.82, 2.24) is 19.4 Å². The van der Waals surface area contributed by atoms with Gasteiger partial charge in [0.15, 0.2) is 0 Å². The van der Waals surface area contributed by atoms with Gasteiger partial charge >= 0.3 is 25.0 Å². The molecule has 4 aromatic carbocycles. The third kappa shape index (κ3) is 20.2. The summed E-state index contributed by atoms with van der Waals surface area (Å²) in [6, 6.07) is 25.3. The van der Waals surface area contributed by atoms with E-state index in [9.17, 15) is 49.0 Å². The van der Waals surface area contributed by atoms with Gasteiger partial charge in [-0.1, -0.05) is 61.4 Å². The van der Waals surface area contributed by atoms with Crippen LogP contribution in [0.25, 0.3) is 5.57 Å². The molecule has 88 heavy (non-hydrogen) atoms. The van der Waals surface area contributed by atoms with Gasteiger partial charge in [-0.3, -0.25) is 32.9 Å². The Balaban J connectivity index is 0.966. The van der Waals surface area contributed by atoms with E-state index in [1.165, 1.54) is 40.6 Å². The van der Waals surface area contributed by atoms with E-state index in [1.54, 1.807) is 53.7 Å². The van der Waals surface area contributed by atoms with Gasteiger partial charge in [-0.25, -0.2) is 21.6 Å². The number of ether oxygens (including phenoxy) is 2. The average molecular weight is 1320 g/mol. The van der Waals surface area contributed by atoms with Crippen LogP contribution in [0.4, 0.5) is 24.5 Å². The predicted octanol–water partition coefficient (Wildman–Crippen LogP) is 11.8. The van der Waals surface area contributed by atoms with Gasteiger partial charge in [0.05, 0.1) is 27.6 Å². The number of hydrogen-bond donors (Lipinski definition) is 2. The number of esters is 2. The molecular formula is C62H83ClF3N6O12PS3. The molecule has 26 heteroatoms. The molecule has 0 radical (unpaired) electrons. The summed E-state index contributed by atoms with van der Waals surface area (Å²) in [5.41, 5.74) is -2.98. The number of rotatable bonds is 26. The Labute approximate surface area is 526 Å². The number of hydrogen-bond acceptors (Lipinski definition) is 18. The lowest BCUT2D eigenvalue weighted by atomic mass is 9.73. The van der Waals surface area contributed by atoms with Gasteiger partial charge in [0.25, 0.3) is 25.8 Å². The number of allylic oxidation sites excluding steroid dienone is 1. The zero-order chi connectivity index (χ0) is 64.3. The summed E-state index contributed by atoms with van der Waals surface area (Å²) >= 11 is 7.61. The number of carbonyl (C=O) groups is 3. The molecule has 2 N–H and O–H groups in total. The summed E-state index contributed by atoms with van der Waals surface area (Å²) in [7, 11) is -15.0. The van der Waals surface area contributed by atoms with E-state index in [2.05, 4.69) is 50.9 Å². The Hall–Kier alpha value is -5.01. The molecule has 2 fully saturated rings. The Kier molecular flexibility index (Phi) is 24.0. The summed E-state index contributed by atoms with van der Waals surface area (Å²) in [5.74, 6) is -1.93. The summed E-state index contributed by atoms with van der Waals surface area (Å²) in [4.78, 5) is 45.8. The molecule has 0 saturated carbocycles. The van der Waals surface area contributed by atoms with Gasteiger partial charge < -0.3 is 29.5 Å². The lowest BCUT2D eigenvalue weighted by molar-refractivity contribution is -0.162. The highest BCUT2D eigenvalue weighted by atomic mass is 35.5. The van der Waals surface area contributed by atoms with Crippen LogP contribution in [-0.4, -0.2) is 158 Å². The lowest BCUT2D eigenvalue weighted by Gasteiger charge is -2.39. The zero-order valence-corrected chi connectivity index (χ0v) is 55.4. The molecule has 3 aliphatic rings. The second kappa shape index (κ2) is 30.0. The van der Waals surface area contributed by atoms with Crippen molar-refractivity contribution in [2.45, 2.75) is 114 Å². The molecule has 0 unspecified atom stereocenters. The van der Waals surface area contributed by atoms with Crippen LogP contribution in [-0.2, 0) is 52.5 Å². The van der Waals surface area contributed by atoms with Crippen molar-refractivity contribution in [1.29, 1.82) is 0 Å². The molecule has 0 spiro atoms. The predicted molar refractivity (Wildman–Crippen MR) is 338 cm³/mol. The molecule has 2 heterocycles. The van der Waals surface area contributed by atoms with E-state index in [4.69, 9.17) is 30.1 Å². The molecular weight excluding hydrogens is 1240 g/mol. The van der Waals surface area contributed by atoms with E-state index >= 15 is 0 Å². The Morgan fingerprint density at radius 3 is 1.88 bits per heavy atom. The fraction of sp³-hybridized carbons (Fsp3) is 0.532. The van der Waals surface area contributed by atoms with Crippen LogP contribution in [0, 0.1) is 16.2 Å². The van der Waals surface area contributed by atoms with Crippen molar-refractivity contribution < 1.29 is 67.5 Å². The normalized spacial score (nSPS) is 17.3. The summed E-state index contributed by atoms with van der Waals surface area (Å²) in [5, 5.41) is 3.72. The third-order valence-electron chi connectivity index (χ3n) is 15.6. The van der Waals surface area contributed by atoms with E-state index < -0.39 is 96.7 Å². The quantitative estimate of drug-likeness (QED) is 0.0259. The zero-order valence-electron chi connectivity index (χ0n) is 51.3. The molecule has 0 aromatic heterocycles. The maximum absolute atomic E-state index is 14.5. The summed E-state index contributed by atoms with van der Waals surface area (Å²) in [6.07, 6.45) is 3.69. The molecule has 484 valence electrons. The van der Waals surface area contributed by atoms with Crippen molar-refractivity contribution in [3.8, 4) is 0 Å². The van der Waals surface area contributed by atoms with Crippen LogP contribution in [0.15, 0.2) is 117 Å². The van der Waals surface area contributed by atoms with Crippen LogP contribution in [0.2, 0.25) is 5.02 Å². The molecule has 2 saturated heterocycles. The fourth-order valence-corrected chi connectivity index (χ4v) is 14.7. The topological polar surface area (TPSA) is 210 Å². The Morgan fingerprint density at radius 1 is 0.739 bits per heavy atom. The number of piperazine rings is 2. The molecule has 1 atom stereocenters. The first kappa shape index (κ1) is 70.4. The number of amides is 1. The van der Waals surface area contributed by atoms with Gasteiger partial charge in [-0.15, -0.1) is 11.8 Å². The van der Waals surface area contributed by atoms with Crippen molar-refractivity contribution in [2.24, 2.45) is 16.2 Å². The lowest BCUT2D eigenvalue weighted by Crippen LogP contribution is -2.47. The molecule has 1 aliphatic carbocycles. The minimum Gasteiger partial charge on any atom is -0.438 e. The van der Waals surface area contributed by atoms with Gasteiger partial charge in [0.2, 0.25) is 13.6 Å². The largest absolute Gasteiger partial charge is 0.501 e. The second-order valence-electron chi connectivity index (χ2n) is 25.3. The van der Waals surface area contributed by atoms with Crippen LogP contribution in [0.5, 0.6) is 0 Å². The van der Waals surface area contributed by atoms with Gasteiger partial charge in [0.1, 0.15) is 4.90 Å². The maximum atomic E-state index is 14.5.